The van der Waals surface area contributed by atoms with Crippen LogP contribution < -0.4 is 5.32 Å². The first kappa shape index (κ1) is 20.6. The minimum Gasteiger partial charge on any atom is -0.457 e. The SMILES string of the molecule is CC(NC(=O)OC(C)(C)C)C(=O)OC1(Cc2ccc(Cl)cc2)CCCC1. The average molecular weight is 382 g/mol. The van der Waals surface area contributed by atoms with Crippen LogP contribution in [0.3, 0.4) is 0 Å². The zero-order valence-corrected chi connectivity index (χ0v) is 16.7. The summed E-state index contributed by atoms with van der Waals surface area (Å²) in [6.07, 6.45) is 3.71. The number of alkyl carbamates (subject to hydrolysis) is 1. The van der Waals surface area contributed by atoms with Gasteiger partial charge in [0.15, 0.2) is 0 Å². The van der Waals surface area contributed by atoms with Crippen LogP contribution in [0, 0.1) is 0 Å². The van der Waals surface area contributed by atoms with E-state index in [1.807, 2.05) is 24.3 Å². The van der Waals surface area contributed by atoms with Crippen molar-refractivity contribution in [3.8, 4) is 0 Å². The molecule has 5 nitrogen and oxygen atoms in total. The maximum absolute atomic E-state index is 12.5. The molecule has 0 heterocycles. The van der Waals surface area contributed by atoms with Crippen LogP contribution in [0.15, 0.2) is 24.3 Å². The second kappa shape index (κ2) is 8.30. The van der Waals surface area contributed by atoms with E-state index in [0.717, 1.165) is 31.2 Å². The Balaban J connectivity index is 1.98. The van der Waals surface area contributed by atoms with Crippen molar-refractivity contribution in [1.29, 1.82) is 0 Å². The van der Waals surface area contributed by atoms with Gasteiger partial charge in [0.05, 0.1) is 0 Å². The zero-order valence-electron chi connectivity index (χ0n) is 15.9. The fourth-order valence-corrected chi connectivity index (χ4v) is 3.28. The minimum absolute atomic E-state index is 0.438. The third-order valence-corrected chi connectivity index (χ3v) is 4.61. The normalized spacial score (nSPS) is 17.4. The molecule has 1 aromatic carbocycles. The molecule has 1 fully saturated rings. The first-order valence-corrected chi connectivity index (χ1v) is 9.43. The van der Waals surface area contributed by atoms with Gasteiger partial charge in [-0.2, -0.15) is 0 Å². The van der Waals surface area contributed by atoms with Gasteiger partial charge in [-0.1, -0.05) is 23.7 Å². The fourth-order valence-electron chi connectivity index (χ4n) is 3.15. The zero-order chi connectivity index (χ0) is 19.4. The van der Waals surface area contributed by atoms with Crippen molar-refractivity contribution in [2.75, 3.05) is 0 Å². The fraction of sp³-hybridized carbons (Fsp3) is 0.600. The maximum atomic E-state index is 12.5. The van der Waals surface area contributed by atoms with Gasteiger partial charge >= 0.3 is 12.1 Å². The molecule has 1 saturated carbocycles. The summed E-state index contributed by atoms with van der Waals surface area (Å²) in [5, 5.41) is 3.23. The van der Waals surface area contributed by atoms with Gasteiger partial charge in [0, 0.05) is 11.4 Å². The van der Waals surface area contributed by atoms with Crippen LogP contribution in [0.1, 0.15) is 58.9 Å². The Morgan fingerprint density at radius 1 is 1.19 bits per heavy atom. The number of carbonyl (C=O) groups is 2. The first-order chi connectivity index (χ1) is 12.1. The van der Waals surface area contributed by atoms with E-state index < -0.39 is 29.3 Å². The molecule has 6 heteroatoms. The summed E-state index contributed by atoms with van der Waals surface area (Å²) >= 11 is 5.95. The van der Waals surface area contributed by atoms with Crippen LogP contribution in [0.5, 0.6) is 0 Å². The summed E-state index contributed by atoms with van der Waals surface area (Å²) in [6, 6.07) is 6.83. The summed E-state index contributed by atoms with van der Waals surface area (Å²) < 4.78 is 11.1. The van der Waals surface area contributed by atoms with E-state index in [2.05, 4.69) is 5.32 Å². The molecule has 0 spiro atoms. The predicted molar refractivity (Wildman–Crippen MR) is 101 cm³/mol. The number of ether oxygens (including phenoxy) is 2. The standard InChI is InChI=1S/C20H28ClNO4/c1-14(22-18(24)26-19(2,3)4)17(23)25-20(11-5-6-12-20)13-15-7-9-16(21)10-8-15/h7-10,14H,5-6,11-13H2,1-4H3,(H,22,24). The smallest absolute Gasteiger partial charge is 0.408 e. The van der Waals surface area contributed by atoms with Crippen molar-refractivity contribution in [3.63, 3.8) is 0 Å². The number of carbonyl (C=O) groups excluding carboxylic acids is 2. The van der Waals surface area contributed by atoms with Crippen LogP contribution in [0.4, 0.5) is 4.79 Å². The Hall–Kier alpha value is -1.75. The lowest BCUT2D eigenvalue weighted by molar-refractivity contribution is -0.161. The van der Waals surface area contributed by atoms with Gasteiger partial charge in [0.1, 0.15) is 17.2 Å². The third kappa shape index (κ3) is 6.20. The molecule has 2 rings (SSSR count). The average Bonchev–Trinajstić information content (AvgIpc) is 2.95. The highest BCUT2D eigenvalue weighted by atomic mass is 35.5. The predicted octanol–water partition coefficient (Wildman–Crippen LogP) is 4.65. The van der Waals surface area contributed by atoms with Crippen molar-refractivity contribution in [3.05, 3.63) is 34.9 Å². The van der Waals surface area contributed by atoms with Crippen LogP contribution >= 0.6 is 11.6 Å². The summed E-state index contributed by atoms with van der Waals surface area (Å²) in [7, 11) is 0. The molecule has 1 amide bonds. The topological polar surface area (TPSA) is 64.6 Å². The van der Waals surface area contributed by atoms with Gasteiger partial charge in [-0.05, 0) is 71.1 Å². The van der Waals surface area contributed by atoms with E-state index in [-0.39, 0.29) is 0 Å². The van der Waals surface area contributed by atoms with Crippen LogP contribution in [-0.4, -0.2) is 29.3 Å². The lowest BCUT2D eigenvalue weighted by Gasteiger charge is -2.31. The molecule has 1 aliphatic rings. The van der Waals surface area contributed by atoms with Gasteiger partial charge < -0.3 is 14.8 Å². The van der Waals surface area contributed by atoms with Crippen molar-refractivity contribution < 1.29 is 19.1 Å². The first-order valence-electron chi connectivity index (χ1n) is 9.05. The quantitative estimate of drug-likeness (QED) is 0.754. The van der Waals surface area contributed by atoms with E-state index in [4.69, 9.17) is 21.1 Å². The van der Waals surface area contributed by atoms with Crippen molar-refractivity contribution in [1.82, 2.24) is 5.32 Å². The van der Waals surface area contributed by atoms with E-state index in [0.29, 0.717) is 11.4 Å². The summed E-state index contributed by atoms with van der Waals surface area (Å²) in [4.78, 5) is 24.4. The number of esters is 1. The van der Waals surface area contributed by atoms with Crippen molar-refractivity contribution in [2.45, 2.75) is 77.0 Å². The molecule has 0 aromatic heterocycles. The Kier molecular flexibility index (Phi) is 6.56. The number of hydrogen-bond acceptors (Lipinski definition) is 4. The Bertz CT molecular complexity index is 630. The van der Waals surface area contributed by atoms with E-state index in [1.54, 1.807) is 27.7 Å². The third-order valence-electron chi connectivity index (χ3n) is 4.36. The van der Waals surface area contributed by atoms with Gasteiger partial charge in [0.25, 0.3) is 0 Å². The molecule has 144 valence electrons. The van der Waals surface area contributed by atoms with Crippen molar-refractivity contribution >= 4 is 23.7 Å². The highest BCUT2D eigenvalue weighted by molar-refractivity contribution is 6.30. The Labute approximate surface area is 160 Å². The van der Waals surface area contributed by atoms with Gasteiger partial charge in [-0.25, -0.2) is 9.59 Å². The molecule has 1 aliphatic carbocycles. The minimum atomic E-state index is -0.771. The van der Waals surface area contributed by atoms with Gasteiger partial charge in [-0.3, -0.25) is 0 Å². The van der Waals surface area contributed by atoms with Gasteiger partial charge in [-0.15, -0.1) is 0 Å². The molecule has 0 radical (unpaired) electrons. The molecule has 1 atom stereocenters. The van der Waals surface area contributed by atoms with Crippen LogP contribution in [-0.2, 0) is 20.7 Å². The maximum Gasteiger partial charge on any atom is 0.408 e. The highest BCUT2D eigenvalue weighted by Crippen LogP contribution is 2.36. The molecular formula is C20H28ClNO4. The second-order valence-corrected chi connectivity index (χ2v) is 8.42. The molecule has 26 heavy (non-hydrogen) atoms. The van der Waals surface area contributed by atoms with E-state index >= 15 is 0 Å². The number of rotatable bonds is 5. The number of halogens is 1. The van der Waals surface area contributed by atoms with Crippen LogP contribution in [0.25, 0.3) is 0 Å². The number of hydrogen-bond donors (Lipinski definition) is 1. The monoisotopic (exact) mass is 381 g/mol. The van der Waals surface area contributed by atoms with Gasteiger partial charge in [0.2, 0.25) is 0 Å². The Morgan fingerprint density at radius 2 is 1.77 bits per heavy atom. The van der Waals surface area contributed by atoms with E-state index in [1.165, 1.54) is 0 Å². The second-order valence-electron chi connectivity index (χ2n) is 7.98. The van der Waals surface area contributed by atoms with E-state index in [9.17, 15) is 9.59 Å². The molecule has 0 bridgehead atoms. The number of nitrogens with one attached hydrogen (secondary N) is 1. The summed E-state index contributed by atoms with van der Waals surface area (Å²) in [5.41, 5.74) is -0.0547. The molecule has 1 N–H and O–H groups in total. The molecule has 1 unspecified atom stereocenters. The molecule has 1 aromatic rings. The van der Waals surface area contributed by atoms with Crippen molar-refractivity contribution in [2.24, 2.45) is 0 Å². The largest absolute Gasteiger partial charge is 0.457 e. The number of amides is 1. The lowest BCUT2D eigenvalue weighted by atomic mass is 9.92. The molecule has 0 aliphatic heterocycles. The molecular weight excluding hydrogens is 354 g/mol. The lowest BCUT2D eigenvalue weighted by Crippen LogP contribution is -2.46. The van der Waals surface area contributed by atoms with Crippen LogP contribution in [0.2, 0.25) is 5.02 Å². The number of benzene rings is 1. The highest BCUT2D eigenvalue weighted by Gasteiger charge is 2.39. The summed E-state index contributed by atoms with van der Waals surface area (Å²) in [5.74, 6) is -0.438. The molecule has 0 saturated heterocycles. The summed E-state index contributed by atoms with van der Waals surface area (Å²) in [6.45, 7) is 6.93. The Morgan fingerprint density at radius 3 is 2.31 bits per heavy atom.